The van der Waals surface area contributed by atoms with E-state index < -0.39 is 15.5 Å². The van der Waals surface area contributed by atoms with E-state index in [2.05, 4.69) is 40.9 Å². The minimum absolute atomic E-state index is 0.0839. The number of hydrazone groups is 1. The monoisotopic (exact) mass is 464 g/mol. The lowest BCUT2D eigenvalue weighted by Crippen LogP contribution is -2.17. The van der Waals surface area contributed by atoms with E-state index in [1.54, 1.807) is 0 Å². The van der Waals surface area contributed by atoms with Crippen LogP contribution in [-0.4, -0.2) is 15.6 Å². The number of allylic oxidation sites excluding steroid dienone is 1. The van der Waals surface area contributed by atoms with Gasteiger partial charge in [0.15, 0.2) is 0 Å². The summed E-state index contributed by atoms with van der Waals surface area (Å²) >= 11 is 0. The molecule has 0 heterocycles. The summed E-state index contributed by atoms with van der Waals surface area (Å²) in [6, 6.07) is 25.7. The molecular weight excluding hydrogens is 444 g/mol. The fourth-order valence-electron chi connectivity index (χ4n) is 4.36. The van der Waals surface area contributed by atoms with Gasteiger partial charge in [-0.15, -0.1) is 0 Å². The molecule has 172 valence electrons. The van der Waals surface area contributed by atoms with Gasteiger partial charge in [-0.1, -0.05) is 66.7 Å². The van der Waals surface area contributed by atoms with Crippen LogP contribution in [0.1, 0.15) is 23.1 Å². The average Bonchev–Trinajstić information content (AvgIpc) is 2.88. The van der Waals surface area contributed by atoms with Gasteiger partial charge in [0.1, 0.15) is 5.69 Å². The zero-order valence-electron chi connectivity index (χ0n) is 18.5. The van der Waals surface area contributed by atoms with Gasteiger partial charge in [-0.3, -0.25) is 25.7 Å². The number of hydrogen-bond acceptors (Lipinski definition) is 6. The topological polar surface area (TPSA) is 111 Å². The molecule has 0 saturated heterocycles. The third-order valence-corrected chi connectivity index (χ3v) is 6.07. The third kappa shape index (κ3) is 4.37. The number of nitrogens with zero attached hydrogens (tertiary/aromatic N) is 3. The number of nitro groups is 2. The number of benzene rings is 4. The van der Waals surface area contributed by atoms with E-state index in [0.29, 0.717) is 5.71 Å². The van der Waals surface area contributed by atoms with E-state index in [4.69, 9.17) is 0 Å². The summed E-state index contributed by atoms with van der Waals surface area (Å²) in [5, 5.41) is 29.5. The molecule has 0 spiro atoms. The second kappa shape index (κ2) is 9.18. The van der Waals surface area contributed by atoms with Crippen molar-refractivity contribution in [2.75, 3.05) is 5.43 Å². The zero-order chi connectivity index (χ0) is 24.4. The minimum Gasteiger partial charge on any atom is -0.271 e. The summed E-state index contributed by atoms with van der Waals surface area (Å²) in [5.41, 5.74) is 6.96. The van der Waals surface area contributed by atoms with E-state index in [1.807, 2.05) is 42.5 Å². The van der Waals surface area contributed by atoms with Gasteiger partial charge in [0.05, 0.1) is 21.6 Å². The Hall–Kier alpha value is -4.85. The van der Waals surface area contributed by atoms with Gasteiger partial charge in [-0.2, -0.15) is 5.10 Å². The first kappa shape index (κ1) is 22.0. The maximum absolute atomic E-state index is 11.6. The highest BCUT2D eigenvalue weighted by Gasteiger charge is 2.22. The molecule has 0 amide bonds. The van der Waals surface area contributed by atoms with Gasteiger partial charge < -0.3 is 0 Å². The van der Waals surface area contributed by atoms with Crippen molar-refractivity contribution in [3.8, 4) is 0 Å². The summed E-state index contributed by atoms with van der Waals surface area (Å²) in [6.45, 7) is 0. The number of nitrogens with one attached hydrogen (secondary N) is 1. The lowest BCUT2D eigenvalue weighted by molar-refractivity contribution is -0.393. The summed E-state index contributed by atoms with van der Waals surface area (Å²) < 4.78 is 0. The predicted octanol–water partition coefficient (Wildman–Crippen LogP) is 6.50. The minimum atomic E-state index is -0.662. The standard InChI is InChI=1S/C27H20N4O4/c32-30(33)22-14-15-25(26(17-22)31(34)35)28-29-27-21(13-12-19-7-2-4-11-24(19)27)16-20-9-5-8-18-6-1-3-10-23(18)20/h1-11,14-17,28H,12-13H2/b21-16+,29-27+. The second-order valence-corrected chi connectivity index (χ2v) is 8.18. The largest absolute Gasteiger partial charge is 0.301 e. The maximum atomic E-state index is 11.6. The Morgan fingerprint density at radius 2 is 1.60 bits per heavy atom. The molecule has 0 saturated carbocycles. The Kier molecular flexibility index (Phi) is 5.76. The van der Waals surface area contributed by atoms with Crippen LogP contribution < -0.4 is 5.43 Å². The van der Waals surface area contributed by atoms with Gasteiger partial charge >= 0.3 is 5.69 Å². The molecule has 0 radical (unpaired) electrons. The average molecular weight is 464 g/mol. The molecule has 8 nitrogen and oxygen atoms in total. The van der Waals surface area contributed by atoms with E-state index in [1.165, 1.54) is 12.1 Å². The quantitative estimate of drug-likeness (QED) is 0.268. The highest BCUT2D eigenvalue weighted by atomic mass is 16.6. The predicted molar refractivity (Wildman–Crippen MR) is 137 cm³/mol. The molecule has 4 aromatic carbocycles. The molecule has 1 N–H and O–H groups in total. The van der Waals surface area contributed by atoms with Crippen LogP contribution in [0.4, 0.5) is 17.1 Å². The molecule has 0 aliphatic heterocycles. The number of rotatable bonds is 5. The van der Waals surface area contributed by atoms with Gasteiger partial charge in [0.2, 0.25) is 0 Å². The van der Waals surface area contributed by atoms with Crippen molar-refractivity contribution in [3.05, 3.63) is 127 Å². The zero-order valence-corrected chi connectivity index (χ0v) is 18.5. The van der Waals surface area contributed by atoms with Crippen LogP contribution in [0.2, 0.25) is 0 Å². The number of aryl methyl sites for hydroxylation is 1. The number of anilines is 1. The molecule has 0 unspecified atom stereocenters. The van der Waals surface area contributed by atoms with Gasteiger partial charge in [-0.05, 0) is 52.5 Å². The van der Waals surface area contributed by atoms with Crippen LogP contribution in [0.15, 0.2) is 95.6 Å². The first-order valence-electron chi connectivity index (χ1n) is 11.0. The molecule has 35 heavy (non-hydrogen) atoms. The number of nitro benzene ring substituents is 2. The Bertz CT molecular complexity index is 1540. The SMILES string of the molecule is O=[N+]([O-])c1ccc(N/N=C2\C(=C\c3cccc4ccccc34)CCc3ccccc32)c([N+](=O)[O-])c1. The smallest absolute Gasteiger partial charge is 0.271 e. The first-order valence-corrected chi connectivity index (χ1v) is 11.0. The molecule has 4 aromatic rings. The second-order valence-electron chi connectivity index (χ2n) is 8.18. The van der Waals surface area contributed by atoms with E-state index in [9.17, 15) is 20.2 Å². The van der Waals surface area contributed by atoms with Crippen molar-refractivity contribution >= 4 is 39.6 Å². The molecule has 0 aromatic heterocycles. The van der Waals surface area contributed by atoms with Crippen LogP contribution in [0.25, 0.3) is 16.8 Å². The molecule has 5 rings (SSSR count). The maximum Gasteiger partial charge on any atom is 0.301 e. The Labute approximate surface area is 200 Å². The number of hydrogen-bond donors (Lipinski definition) is 1. The summed E-state index contributed by atoms with van der Waals surface area (Å²) in [7, 11) is 0. The molecule has 1 aliphatic rings. The van der Waals surface area contributed by atoms with Crippen LogP contribution in [-0.2, 0) is 6.42 Å². The first-order chi connectivity index (χ1) is 17.0. The molecule has 0 fully saturated rings. The highest BCUT2D eigenvalue weighted by Crippen LogP contribution is 2.32. The summed E-state index contributed by atoms with van der Waals surface area (Å²) in [5.74, 6) is 0. The van der Waals surface area contributed by atoms with Crippen LogP contribution in [0.3, 0.4) is 0 Å². The van der Waals surface area contributed by atoms with Gasteiger partial charge in [0, 0.05) is 11.6 Å². The van der Waals surface area contributed by atoms with Crippen molar-refractivity contribution in [3.63, 3.8) is 0 Å². The van der Waals surface area contributed by atoms with E-state index >= 15 is 0 Å². The Morgan fingerprint density at radius 3 is 2.43 bits per heavy atom. The Morgan fingerprint density at radius 1 is 0.829 bits per heavy atom. The van der Waals surface area contributed by atoms with Crippen molar-refractivity contribution in [2.45, 2.75) is 12.8 Å². The normalized spacial score (nSPS) is 15.2. The Balaban J connectivity index is 1.61. The number of non-ortho nitro benzene ring substituents is 1. The molecule has 0 atom stereocenters. The van der Waals surface area contributed by atoms with Gasteiger partial charge in [-0.25, -0.2) is 0 Å². The van der Waals surface area contributed by atoms with Crippen molar-refractivity contribution in [1.82, 2.24) is 0 Å². The van der Waals surface area contributed by atoms with Crippen LogP contribution in [0, 0.1) is 20.2 Å². The van der Waals surface area contributed by atoms with Gasteiger partial charge in [0.25, 0.3) is 5.69 Å². The highest BCUT2D eigenvalue weighted by molar-refractivity contribution is 6.17. The van der Waals surface area contributed by atoms with Crippen molar-refractivity contribution in [1.29, 1.82) is 0 Å². The fourth-order valence-corrected chi connectivity index (χ4v) is 4.36. The van der Waals surface area contributed by atoms with Crippen LogP contribution in [0.5, 0.6) is 0 Å². The van der Waals surface area contributed by atoms with Crippen LogP contribution >= 0.6 is 0 Å². The molecule has 8 heteroatoms. The summed E-state index contributed by atoms with van der Waals surface area (Å²) in [4.78, 5) is 21.3. The lowest BCUT2D eigenvalue weighted by atomic mass is 9.85. The molecular formula is C27H20N4O4. The van der Waals surface area contributed by atoms with E-state index in [-0.39, 0.29) is 11.4 Å². The molecule has 0 bridgehead atoms. The summed E-state index contributed by atoms with van der Waals surface area (Å²) in [6.07, 6.45) is 3.72. The van der Waals surface area contributed by atoms with E-state index in [0.717, 1.165) is 51.9 Å². The number of fused-ring (bicyclic) bond motifs is 2. The lowest BCUT2D eigenvalue weighted by Gasteiger charge is -2.21. The third-order valence-electron chi connectivity index (χ3n) is 6.07. The van der Waals surface area contributed by atoms with Crippen molar-refractivity contribution in [2.24, 2.45) is 5.10 Å². The fraction of sp³-hybridized carbons (Fsp3) is 0.0741. The van der Waals surface area contributed by atoms with Crippen molar-refractivity contribution < 1.29 is 9.85 Å². The molecule has 1 aliphatic carbocycles.